The summed E-state index contributed by atoms with van der Waals surface area (Å²) in [7, 11) is 0. The maximum atomic E-state index is 13.8. The van der Waals surface area contributed by atoms with Crippen LogP contribution in [0.25, 0.3) is 11.3 Å². The Balaban J connectivity index is 1.27. The van der Waals surface area contributed by atoms with Crippen LogP contribution in [0.4, 0.5) is 4.39 Å². The van der Waals surface area contributed by atoms with Gasteiger partial charge in [-0.15, -0.1) is 0 Å². The second kappa shape index (κ2) is 8.64. The van der Waals surface area contributed by atoms with Crippen molar-refractivity contribution < 1.29 is 27.9 Å². The fraction of sp³-hybridized carbons (Fsp3) is 0.190. The summed E-state index contributed by atoms with van der Waals surface area (Å²) >= 11 is 0. The molecule has 0 bridgehead atoms. The number of amides is 2. The molecule has 1 aromatic heterocycles. The first kappa shape index (κ1) is 19.4. The summed E-state index contributed by atoms with van der Waals surface area (Å²) < 4.78 is 30.1. The molecular formula is C21H18FN3O5. The predicted molar refractivity (Wildman–Crippen MR) is 103 cm³/mol. The molecular weight excluding hydrogens is 393 g/mol. The minimum absolute atomic E-state index is 0.0264. The fourth-order valence-electron chi connectivity index (χ4n) is 2.88. The molecule has 0 fully saturated rings. The number of nitrogens with zero attached hydrogens (tertiary/aromatic N) is 1. The smallest absolute Gasteiger partial charge is 0.269 e. The summed E-state index contributed by atoms with van der Waals surface area (Å²) in [6.07, 6.45) is 1.63. The van der Waals surface area contributed by atoms with Gasteiger partial charge in [0.05, 0.1) is 11.8 Å². The number of hydrogen-bond acceptors (Lipinski definition) is 6. The van der Waals surface area contributed by atoms with Gasteiger partial charge in [-0.05, 0) is 30.3 Å². The van der Waals surface area contributed by atoms with E-state index in [4.69, 9.17) is 13.9 Å². The first-order valence-electron chi connectivity index (χ1n) is 9.28. The third kappa shape index (κ3) is 4.40. The lowest BCUT2D eigenvalue weighted by atomic mass is 10.2. The van der Waals surface area contributed by atoms with Gasteiger partial charge in [0.25, 0.3) is 5.91 Å². The highest BCUT2D eigenvalue weighted by atomic mass is 19.1. The van der Waals surface area contributed by atoms with Crippen molar-refractivity contribution in [2.24, 2.45) is 0 Å². The zero-order valence-corrected chi connectivity index (χ0v) is 15.8. The molecule has 0 radical (unpaired) electrons. The lowest BCUT2D eigenvalue weighted by Gasteiger charge is -2.18. The van der Waals surface area contributed by atoms with Crippen LogP contribution < -0.4 is 20.3 Å². The van der Waals surface area contributed by atoms with Crippen LogP contribution in [0, 0.1) is 5.82 Å². The van der Waals surface area contributed by atoms with Crippen LogP contribution >= 0.6 is 0 Å². The van der Waals surface area contributed by atoms with E-state index in [0.29, 0.717) is 41.7 Å². The van der Waals surface area contributed by atoms with Gasteiger partial charge in [-0.1, -0.05) is 12.1 Å². The molecule has 0 spiro atoms. The highest BCUT2D eigenvalue weighted by Gasteiger charge is 2.16. The van der Waals surface area contributed by atoms with Gasteiger partial charge < -0.3 is 13.9 Å². The van der Waals surface area contributed by atoms with E-state index in [1.165, 1.54) is 12.3 Å². The molecule has 8 nitrogen and oxygen atoms in total. The number of aromatic nitrogens is 1. The minimum Gasteiger partial charge on any atom is -0.486 e. The van der Waals surface area contributed by atoms with Gasteiger partial charge in [0.2, 0.25) is 5.91 Å². The largest absolute Gasteiger partial charge is 0.486 e. The van der Waals surface area contributed by atoms with Gasteiger partial charge in [0, 0.05) is 18.4 Å². The lowest BCUT2D eigenvalue weighted by Crippen LogP contribution is -2.41. The van der Waals surface area contributed by atoms with Gasteiger partial charge in [-0.25, -0.2) is 9.37 Å². The van der Waals surface area contributed by atoms with Crippen molar-refractivity contribution in [1.82, 2.24) is 15.8 Å². The van der Waals surface area contributed by atoms with Crippen molar-refractivity contribution in [3.8, 4) is 22.8 Å². The number of nitrogens with one attached hydrogen (secondary N) is 2. The number of hydrazine groups is 1. The van der Waals surface area contributed by atoms with Crippen LogP contribution in [-0.4, -0.2) is 30.0 Å². The van der Waals surface area contributed by atoms with E-state index in [-0.39, 0.29) is 18.6 Å². The molecule has 9 heteroatoms. The molecule has 154 valence electrons. The molecule has 0 aliphatic carbocycles. The zero-order valence-electron chi connectivity index (χ0n) is 15.8. The Labute approximate surface area is 171 Å². The summed E-state index contributed by atoms with van der Waals surface area (Å²) in [6.45, 7) is 0.870. The number of benzene rings is 2. The van der Waals surface area contributed by atoms with E-state index in [9.17, 15) is 14.0 Å². The Bertz CT molecular complexity index is 1080. The summed E-state index contributed by atoms with van der Waals surface area (Å²) in [5.74, 6) is 0.305. The molecule has 2 aromatic carbocycles. The number of oxazole rings is 1. The average Bonchev–Trinajstić information content (AvgIpc) is 3.25. The van der Waals surface area contributed by atoms with E-state index < -0.39 is 17.6 Å². The number of hydrogen-bond donors (Lipinski definition) is 2. The standard InChI is InChI=1S/C21H18FN3O5/c22-15-4-2-1-3-14(15)18-12-23-20(30-18)8-7-19(26)24-25-21(27)13-5-6-16-17(11-13)29-10-9-28-16/h1-6,11-12H,7-10H2,(H,24,26)(H,25,27). The van der Waals surface area contributed by atoms with Crippen LogP contribution in [0.15, 0.2) is 53.1 Å². The monoisotopic (exact) mass is 411 g/mol. The predicted octanol–water partition coefficient (Wildman–Crippen LogP) is 2.65. The topological polar surface area (TPSA) is 103 Å². The minimum atomic E-state index is -0.488. The van der Waals surface area contributed by atoms with E-state index in [1.807, 2.05) is 0 Å². The second-order valence-electron chi connectivity index (χ2n) is 6.46. The van der Waals surface area contributed by atoms with Gasteiger partial charge in [-0.3, -0.25) is 20.4 Å². The maximum Gasteiger partial charge on any atom is 0.269 e. The van der Waals surface area contributed by atoms with Crippen molar-refractivity contribution >= 4 is 11.8 Å². The number of fused-ring (bicyclic) bond motifs is 1. The van der Waals surface area contributed by atoms with Gasteiger partial charge in [-0.2, -0.15) is 0 Å². The lowest BCUT2D eigenvalue weighted by molar-refractivity contribution is -0.121. The summed E-state index contributed by atoms with van der Waals surface area (Å²) in [4.78, 5) is 28.3. The summed E-state index contributed by atoms with van der Waals surface area (Å²) in [5.41, 5.74) is 5.30. The summed E-state index contributed by atoms with van der Waals surface area (Å²) in [5, 5.41) is 0. The molecule has 1 aliphatic heterocycles. The zero-order chi connectivity index (χ0) is 20.9. The molecule has 30 heavy (non-hydrogen) atoms. The number of carbonyl (C=O) groups excluding carboxylic acids is 2. The Kier molecular flexibility index (Phi) is 5.60. The van der Waals surface area contributed by atoms with E-state index in [0.717, 1.165) is 0 Å². The SMILES string of the molecule is O=C(CCc1ncc(-c2ccccc2F)o1)NNC(=O)c1ccc2c(c1)OCCO2. The van der Waals surface area contributed by atoms with E-state index in [2.05, 4.69) is 15.8 Å². The second-order valence-corrected chi connectivity index (χ2v) is 6.46. The van der Waals surface area contributed by atoms with Crippen molar-refractivity contribution in [3.63, 3.8) is 0 Å². The number of halogens is 1. The van der Waals surface area contributed by atoms with Crippen LogP contribution in [-0.2, 0) is 11.2 Å². The van der Waals surface area contributed by atoms with Crippen LogP contribution in [0.2, 0.25) is 0 Å². The van der Waals surface area contributed by atoms with Crippen LogP contribution in [0.5, 0.6) is 11.5 Å². The van der Waals surface area contributed by atoms with Crippen molar-refractivity contribution in [2.75, 3.05) is 13.2 Å². The maximum absolute atomic E-state index is 13.8. The molecule has 2 N–H and O–H groups in total. The molecule has 2 heterocycles. The van der Waals surface area contributed by atoms with Crippen molar-refractivity contribution in [1.29, 1.82) is 0 Å². The fourth-order valence-corrected chi connectivity index (χ4v) is 2.88. The third-order valence-corrected chi connectivity index (χ3v) is 4.38. The molecule has 0 saturated carbocycles. The average molecular weight is 411 g/mol. The van der Waals surface area contributed by atoms with Gasteiger partial charge in [0.15, 0.2) is 23.1 Å². The molecule has 0 unspecified atom stereocenters. The quantitative estimate of drug-likeness (QED) is 0.626. The molecule has 0 atom stereocenters. The van der Waals surface area contributed by atoms with Crippen LogP contribution in [0.3, 0.4) is 0 Å². The number of rotatable bonds is 5. The highest BCUT2D eigenvalue weighted by Crippen LogP contribution is 2.30. The van der Waals surface area contributed by atoms with Crippen LogP contribution in [0.1, 0.15) is 22.7 Å². The number of aryl methyl sites for hydroxylation is 1. The molecule has 2 amide bonds. The number of carbonyl (C=O) groups is 2. The Hall–Kier alpha value is -3.88. The molecule has 3 aromatic rings. The van der Waals surface area contributed by atoms with E-state index >= 15 is 0 Å². The Morgan fingerprint density at radius 3 is 2.67 bits per heavy atom. The Morgan fingerprint density at radius 1 is 1.03 bits per heavy atom. The normalized spacial score (nSPS) is 12.3. The third-order valence-electron chi connectivity index (χ3n) is 4.38. The first-order chi connectivity index (χ1) is 14.6. The van der Waals surface area contributed by atoms with Crippen molar-refractivity contribution in [3.05, 3.63) is 65.9 Å². The highest BCUT2D eigenvalue weighted by molar-refractivity contribution is 5.96. The van der Waals surface area contributed by atoms with Gasteiger partial charge in [0.1, 0.15) is 19.0 Å². The van der Waals surface area contributed by atoms with E-state index in [1.54, 1.807) is 36.4 Å². The van der Waals surface area contributed by atoms with Gasteiger partial charge >= 0.3 is 0 Å². The van der Waals surface area contributed by atoms with Crippen molar-refractivity contribution in [2.45, 2.75) is 12.8 Å². The molecule has 4 rings (SSSR count). The summed E-state index contributed by atoms with van der Waals surface area (Å²) in [6, 6.07) is 11.0. The first-order valence-corrected chi connectivity index (χ1v) is 9.28. The molecule has 1 aliphatic rings. The molecule has 0 saturated heterocycles. The number of ether oxygens (including phenoxy) is 2. The Morgan fingerprint density at radius 2 is 1.83 bits per heavy atom.